The molecule has 0 aromatic heterocycles. The number of aliphatic hydroxyl groups is 1. The number of nitrogens with one attached hydrogen (secondary N) is 1. The van der Waals surface area contributed by atoms with Crippen molar-refractivity contribution in [3.8, 4) is 0 Å². The Morgan fingerprint density at radius 1 is 1.07 bits per heavy atom. The van der Waals surface area contributed by atoms with Crippen LogP contribution in [0.15, 0.2) is 0 Å². The van der Waals surface area contributed by atoms with Crippen molar-refractivity contribution in [2.75, 3.05) is 0 Å². The van der Waals surface area contributed by atoms with Gasteiger partial charge in [-0.15, -0.1) is 0 Å². The fraction of sp³-hybridized carbons (Fsp3) is 0.870. The van der Waals surface area contributed by atoms with Crippen LogP contribution in [0.4, 0.5) is 0 Å². The molecule has 1 fully saturated rings. The lowest BCUT2D eigenvalue weighted by Gasteiger charge is -2.26. The SMILES string of the molecule is CCCCC[C@](C)(O)CC[C@H]1CCC(=O)[C@@H]1CCCCCCC(=O)NC(C)=O. The van der Waals surface area contributed by atoms with Crippen molar-refractivity contribution in [3.05, 3.63) is 0 Å². The van der Waals surface area contributed by atoms with Gasteiger partial charge in [0.2, 0.25) is 11.8 Å². The molecule has 0 heterocycles. The zero-order valence-corrected chi connectivity index (χ0v) is 18.2. The summed E-state index contributed by atoms with van der Waals surface area (Å²) in [6, 6.07) is 0. The Hall–Kier alpha value is -1.23. The Kier molecular flexibility index (Phi) is 11.6. The summed E-state index contributed by atoms with van der Waals surface area (Å²) in [6.07, 6.45) is 12.7. The van der Waals surface area contributed by atoms with E-state index in [-0.39, 0.29) is 17.7 Å². The van der Waals surface area contributed by atoms with Gasteiger partial charge >= 0.3 is 0 Å². The number of ketones is 1. The average Bonchev–Trinajstić information content (AvgIpc) is 2.96. The van der Waals surface area contributed by atoms with Gasteiger partial charge in [-0.2, -0.15) is 0 Å². The minimum Gasteiger partial charge on any atom is -0.390 e. The molecule has 0 radical (unpaired) electrons. The van der Waals surface area contributed by atoms with Crippen LogP contribution in [0.1, 0.15) is 111 Å². The zero-order chi connectivity index (χ0) is 21.0. The molecule has 2 N–H and O–H groups in total. The van der Waals surface area contributed by atoms with Crippen LogP contribution in [0.25, 0.3) is 0 Å². The maximum Gasteiger partial charge on any atom is 0.226 e. The molecule has 2 amide bonds. The van der Waals surface area contributed by atoms with E-state index >= 15 is 0 Å². The topological polar surface area (TPSA) is 83.5 Å². The number of hydrogen-bond donors (Lipinski definition) is 2. The summed E-state index contributed by atoms with van der Waals surface area (Å²) in [6.45, 7) is 5.46. The van der Waals surface area contributed by atoms with E-state index in [4.69, 9.17) is 0 Å². The van der Waals surface area contributed by atoms with Crippen molar-refractivity contribution in [2.24, 2.45) is 11.8 Å². The molecule has 0 aromatic rings. The molecule has 28 heavy (non-hydrogen) atoms. The van der Waals surface area contributed by atoms with Crippen LogP contribution in [0.3, 0.4) is 0 Å². The first kappa shape index (κ1) is 24.8. The molecule has 0 unspecified atom stereocenters. The number of hydrogen-bond acceptors (Lipinski definition) is 4. The monoisotopic (exact) mass is 395 g/mol. The maximum absolute atomic E-state index is 12.3. The average molecular weight is 396 g/mol. The molecular weight excluding hydrogens is 354 g/mol. The van der Waals surface area contributed by atoms with Crippen LogP contribution in [0, 0.1) is 11.8 Å². The lowest BCUT2D eigenvalue weighted by Crippen LogP contribution is -2.27. The van der Waals surface area contributed by atoms with Crippen LogP contribution in [0.2, 0.25) is 0 Å². The summed E-state index contributed by atoms with van der Waals surface area (Å²) in [7, 11) is 0. The fourth-order valence-electron chi connectivity index (χ4n) is 4.36. The van der Waals surface area contributed by atoms with Gasteiger partial charge in [0.25, 0.3) is 0 Å². The molecule has 0 saturated heterocycles. The van der Waals surface area contributed by atoms with Crippen molar-refractivity contribution in [1.29, 1.82) is 0 Å². The van der Waals surface area contributed by atoms with Gasteiger partial charge in [0.15, 0.2) is 0 Å². The molecule has 1 rings (SSSR count). The smallest absolute Gasteiger partial charge is 0.226 e. The third-order valence-corrected chi connectivity index (χ3v) is 6.10. The number of carbonyl (C=O) groups is 3. The number of carbonyl (C=O) groups excluding carboxylic acids is 3. The Bertz CT molecular complexity index is 501. The Labute approximate surface area is 171 Å². The number of Topliss-reactive ketones (excluding diaryl/α,β-unsaturated/α-hetero) is 1. The van der Waals surface area contributed by atoms with Crippen molar-refractivity contribution < 1.29 is 19.5 Å². The number of rotatable bonds is 14. The number of unbranched alkanes of at least 4 members (excludes halogenated alkanes) is 5. The van der Waals surface area contributed by atoms with Gasteiger partial charge in [0, 0.05) is 25.7 Å². The van der Waals surface area contributed by atoms with Gasteiger partial charge in [-0.05, 0) is 51.4 Å². The predicted octanol–water partition coefficient (Wildman–Crippen LogP) is 4.70. The lowest BCUT2D eigenvalue weighted by atomic mass is 9.83. The minimum absolute atomic E-state index is 0.160. The largest absolute Gasteiger partial charge is 0.390 e. The quantitative estimate of drug-likeness (QED) is 0.418. The highest BCUT2D eigenvalue weighted by Gasteiger charge is 2.35. The Morgan fingerprint density at radius 2 is 1.79 bits per heavy atom. The molecule has 0 aromatic carbocycles. The van der Waals surface area contributed by atoms with Crippen molar-refractivity contribution in [2.45, 2.75) is 116 Å². The molecule has 1 aliphatic carbocycles. The molecule has 162 valence electrons. The Morgan fingerprint density at radius 3 is 2.46 bits per heavy atom. The number of amides is 2. The van der Waals surface area contributed by atoms with Crippen LogP contribution in [-0.2, 0) is 14.4 Å². The summed E-state index contributed by atoms with van der Waals surface area (Å²) in [4.78, 5) is 34.5. The molecule has 0 spiro atoms. The number of imide groups is 1. The lowest BCUT2D eigenvalue weighted by molar-refractivity contribution is -0.129. The van der Waals surface area contributed by atoms with Crippen LogP contribution < -0.4 is 5.32 Å². The Balaban J connectivity index is 2.24. The molecule has 0 bridgehead atoms. The van der Waals surface area contributed by atoms with E-state index in [9.17, 15) is 19.5 Å². The van der Waals surface area contributed by atoms with Crippen LogP contribution in [-0.4, -0.2) is 28.3 Å². The summed E-state index contributed by atoms with van der Waals surface area (Å²) in [5.41, 5.74) is -0.605. The van der Waals surface area contributed by atoms with Crippen LogP contribution in [0.5, 0.6) is 0 Å². The molecule has 1 saturated carbocycles. The second kappa shape index (κ2) is 13.1. The molecular formula is C23H41NO4. The van der Waals surface area contributed by atoms with Crippen molar-refractivity contribution in [1.82, 2.24) is 5.32 Å². The first-order valence-electron chi connectivity index (χ1n) is 11.3. The van der Waals surface area contributed by atoms with E-state index in [0.717, 1.165) is 77.0 Å². The summed E-state index contributed by atoms with van der Waals surface area (Å²) in [5, 5.41) is 12.9. The third kappa shape index (κ3) is 10.4. The molecule has 0 aliphatic heterocycles. The third-order valence-electron chi connectivity index (χ3n) is 6.10. The van der Waals surface area contributed by atoms with Crippen molar-refractivity contribution in [3.63, 3.8) is 0 Å². The first-order chi connectivity index (χ1) is 13.2. The van der Waals surface area contributed by atoms with Gasteiger partial charge < -0.3 is 5.11 Å². The van der Waals surface area contributed by atoms with E-state index in [1.54, 1.807) is 0 Å². The zero-order valence-electron chi connectivity index (χ0n) is 18.2. The molecule has 5 heteroatoms. The van der Waals surface area contributed by atoms with E-state index in [0.29, 0.717) is 24.5 Å². The normalized spacial score (nSPS) is 21.5. The summed E-state index contributed by atoms with van der Waals surface area (Å²) < 4.78 is 0. The highest BCUT2D eigenvalue weighted by Crippen LogP contribution is 2.37. The second-order valence-electron chi connectivity index (χ2n) is 8.92. The van der Waals surface area contributed by atoms with E-state index in [2.05, 4.69) is 12.2 Å². The van der Waals surface area contributed by atoms with Gasteiger partial charge in [-0.1, -0.05) is 45.4 Å². The minimum atomic E-state index is -0.605. The van der Waals surface area contributed by atoms with Crippen molar-refractivity contribution >= 4 is 17.6 Å². The van der Waals surface area contributed by atoms with Crippen LogP contribution >= 0.6 is 0 Å². The standard InChI is InChI=1S/C23H41NO4/c1-4-5-10-16-23(3,28)17-15-19-13-14-21(26)20(19)11-8-6-7-9-12-22(27)24-18(2)25/h19-20,28H,4-17H2,1-3H3,(H,24,25,27)/t19-,20-,23+/m1/s1. The fourth-order valence-corrected chi connectivity index (χ4v) is 4.36. The second-order valence-corrected chi connectivity index (χ2v) is 8.92. The highest BCUT2D eigenvalue weighted by molar-refractivity contribution is 5.93. The van der Waals surface area contributed by atoms with E-state index in [1.165, 1.54) is 6.92 Å². The molecule has 1 aliphatic rings. The molecule has 3 atom stereocenters. The van der Waals surface area contributed by atoms with E-state index < -0.39 is 5.60 Å². The highest BCUT2D eigenvalue weighted by atomic mass is 16.3. The maximum atomic E-state index is 12.3. The van der Waals surface area contributed by atoms with Gasteiger partial charge in [0.05, 0.1) is 5.60 Å². The molecule has 5 nitrogen and oxygen atoms in total. The summed E-state index contributed by atoms with van der Waals surface area (Å²) in [5.74, 6) is 0.472. The predicted molar refractivity (Wildman–Crippen MR) is 112 cm³/mol. The first-order valence-corrected chi connectivity index (χ1v) is 11.3. The van der Waals surface area contributed by atoms with E-state index in [1.807, 2.05) is 6.92 Å². The van der Waals surface area contributed by atoms with Gasteiger partial charge in [0.1, 0.15) is 5.78 Å². The summed E-state index contributed by atoms with van der Waals surface area (Å²) >= 11 is 0. The van der Waals surface area contributed by atoms with Gasteiger partial charge in [-0.3, -0.25) is 19.7 Å². The van der Waals surface area contributed by atoms with Gasteiger partial charge in [-0.25, -0.2) is 0 Å².